The molecule has 2 aliphatic rings. The molecule has 2 aromatic heterocycles. The number of oxazole rings is 1. The first-order valence-corrected chi connectivity index (χ1v) is 11.9. The minimum absolute atomic E-state index is 0.179. The van der Waals surface area contributed by atoms with Gasteiger partial charge in [-0.3, -0.25) is 0 Å². The molecule has 1 saturated carbocycles. The molecule has 4 heteroatoms. The summed E-state index contributed by atoms with van der Waals surface area (Å²) in [4.78, 5) is 17.3. The van der Waals surface area contributed by atoms with Crippen molar-refractivity contribution in [3.63, 3.8) is 0 Å². The maximum atomic E-state index is 12.4. The molecule has 3 aromatic rings. The van der Waals surface area contributed by atoms with Crippen LogP contribution in [0.4, 0.5) is 0 Å². The Morgan fingerprint density at radius 1 is 1.00 bits per heavy atom. The van der Waals surface area contributed by atoms with Crippen LogP contribution >= 0.6 is 0 Å². The van der Waals surface area contributed by atoms with Crippen molar-refractivity contribution >= 4 is 22.1 Å². The molecule has 2 heterocycles. The Labute approximate surface area is 178 Å². The zero-order valence-electron chi connectivity index (χ0n) is 18.5. The largest absolute Gasteiger partial charge is 0.440 e. The number of rotatable bonds is 3. The van der Waals surface area contributed by atoms with Gasteiger partial charge in [-0.1, -0.05) is 40.0 Å². The lowest BCUT2D eigenvalue weighted by atomic mass is 9.84. The molecule has 0 saturated heterocycles. The van der Waals surface area contributed by atoms with Crippen LogP contribution in [0, 0.1) is 17.8 Å². The predicted octanol–water partition coefficient (Wildman–Crippen LogP) is 6.77. The zero-order chi connectivity index (χ0) is 20.8. The van der Waals surface area contributed by atoms with E-state index in [2.05, 4.69) is 26.8 Å². The van der Waals surface area contributed by atoms with Gasteiger partial charge in [0.25, 0.3) is 0 Å². The Kier molecular flexibility index (Phi) is 5.20. The summed E-state index contributed by atoms with van der Waals surface area (Å²) in [6.45, 7) is 7.05. The van der Waals surface area contributed by atoms with Crippen LogP contribution in [0.15, 0.2) is 25.8 Å². The number of hydrogen-bond donors (Lipinski definition) is 0. The van der Waals surface area contributed by atoms with Gasteiger partial charge in [-0.25, -0.2) is 9.78 Å². The van der Waals surface area contributed by atoms with Crippen molar-refractivity contribution in [1.82, 2.24) is 4.98 Å². The van der Waals surface area contributed by atoms with Gasteiger partial charge in [-0.05, 0) is 67.9 Å². The molecule has 0 spiro atoms. The molecule has 4 nitrogen and oxygen atoms in total. The second-order valence-corrected chi connectivity index (χ2v) is 10.0. The van der Waals surface area contributed by atoms with Crippen LogP contribution in [-0.4, -0.2) is 4.98 Å². The molecule has 0 amide bonds. The Balaban J connectivity index is 1.45. The van der Waals surface area contributed by atoms with Gasteiger partial charge in [-0.15, -0.1) is 0 Å². The topological polar surface area (TPSA) is 56.2 Å². The normalized spacial score (nSPS) is 25.9. The highest BCUT2D eigenvalue weighted by atomic mass is 16.4. The molecular formula is C26H33NO3. The summed E-state index contributed by atoms with van der Waals surface area (Å²) in [6.07, 6.45) is 10.4. The van der Waals surface area contributed by atoms with E-state index in [1.165, 1.54) is 25.7 Å². The van der Waals surface area contributed by atoms with Crippen LogP contribution in [0.5, 0.6) is 0 Å². The average Bonchev–Trinajstić information content (AvgIpc) is 3.08. The van der Waals surface area contributed by atoms with E-state index in [-0.39, 0.29) is 5.63 Å². The fourth-order valence-electron chi connectivity index (χ4n) is 5.80. The number of aryl methyl sites for hydroxylation is 1. The highest BCUT2D eigenvalue weighted by Gasteiger charge is 2.26. The van der Waals surface area contributed by atoms with Gasteiger partial charge in [0.05, 0.1) is 0 Å². The fraction of sp³-hybridized carbons (Fsp3) is 0.615. The molecule has 1 fully saturated rings. The Hall–Kier alpha value is -2.10. The van der Waals surface area contributed by atoms with Gasteiger partial charge < -0.3 is 8.83 Å². The summed E-state index contributed by atoms with van der Waals surface area (Å²) in [5, 5.41) is 1.04. The molecule has 5 rings (SSSR count). The molecule has 30 heavy (non-hydrogen) atoms. The quantitative estimate of drug-likeness (QED) is 0.355. The lowest BCUT2D eigenvalue weighted by molar-refractivity contribution is 0.303. The summed E-state index contributed by atoms with van der Waals surface area (Å²) in [6, 6.07) is 3.95. The SMILES string of the molecule is CC(CC1CCCC(C)C(C)C1)c1nc2cc3c4c(c(=O)oc3cc2o1)CCCC4. The molecule has 2 aliphatic carbocycles. The van der Waals surface area contributed by atoms with E-state index in [0.29, 0.717) is 11.5 Å². The van der Waals surface area contributed by atoms with E-state index in [9.17, 15) is 4.79 Å². The second-order valence-electron chi connectivity index (χ2n) is 10.0. The maximum Gasteiger partial charge on any atom is 0.339 e. The smallest absolute Gasteiger partial charge is 0.339 e. The van der Waals surface area contributed by atoms with Gasteiger partial charge in [-0.2, -0.15) is 0 Å². The standard InChI is InChI=1S/C26H33NO3/c1-15-7-6-8-18(11-16(15)2)12-17(3)25-27-22-13-21-19-9-4-5-10-20(19)26(28)30-23(21)14-24(22)29-25/h13-18H,4-12H2,1-3H3. The number of aromatic nitrogens is 1. The highest BCUT2D eigenvalue weighted by molar-refractivity contribution is 5.93. The number of fused-ring (bicyclic) bond motifs is 4. The van der Waals surface area contributed by atoms with E-state index < -0.39 is 0 Å². The molecule has 160 valence electrons. The van der Waals surface area contributed by atoms with Crippen molar-refractivity contribution in [2.24, 2.45) is 17.8 Å². The van der Waals surface area contributed by atoms with Gasteiger partial charge in [0.2, 0.25) is 0 Å². The first kappa shape index (κ1) is 19.8. The van der Waals surface area contributed by atoms with Crippen LogP contribution in [-0.2, 0) is 12.8 Å². The van der Waals surface area contributed by atoms with E-state index in [1.54, 1.807) is 0 Å². The van der Waals surface area contributed by atoms with Crippen LogP contribution in [0.1, 0.15) is 88.7 Å². The molecule has 4 unspecified atom stereocenters. The third-order valence-electron chi connectivity index (χ3n) is 7.81. The first-order chi connectivity index (χ1) is 14.5. The maximum absolute atomic E-state index is 12.4. The van der Waals surface area contributed by atoms with E-state index in [4.69, 9.17) is 13.8 Å². The lowest BCUT2D eigenvalue weighted by Crippen LogP contribution is -2.15. The Bertz CT molecular complexity index is 1120. The number of benzene rings is 1. The van der Waals surface area contributed by atoms with Crippen molar-refractivity contribution in [3.8, 4) is 0 Å². The second kappa shape index (κ2) is 7.86. The molecular weight excluding hydrogens is 374 g/mol. The third kappa shape index (κ3) is 3.59. The first-order valence-electron chi connectivity index (χ1n) is 11.9. The number of nitrogens with zero attached hydrogens (tertiary/aromatic N) is 1. The van der Waals surface area contributed by atoms with Crippen molar-refractivity contribution in [3.05, 3.63) is 39.6 Å². The van der Waals surface area contributed by atoms with Gasteiger partial charge in [0.15, 0.2) is 11.5 Å². The Morgan fingerprint density at radius 3 is 2.63 bits per heavy atom. The lowest BCUT2D eigenvalue weighted by Gasteiger charge is -2.21. The van der Waals surface area contributed by atoms with Crippen LogP contribution in [0.2, 0.25) is 0 Å². The molecule has 1 aromatic carbocycles. The van der Waals surface area contributed by atoms with Gasteiger partial charge in [0.1, 0.15) is 11.1 Å². The van der Waals surface area contributed by atoms with Crippen LogP contribution < -0.4 is 5.63 Å². The summed E-state index contributed by atoms with van der Waals surface area (Å²) >= 11 is 0. The van der Waals surface area contributed by atoms with Gasteiger partial charge >= 0.3 is 5.63 Å². The summed E-state index contributed by atoms with van der Waals surface area (Å²) in [7, 11) is 0. The van der Waals surface area contributed by atoms with Crippen LogP contribution in [0.3, 0.4) is 0 Å². The fourth-order valence-corrected chi connectivity index (χ4v) is 5.80. The van der Waals surface area contributed by atoms with Crippen molar-refractivity contribution < 1.29 is 8.83 Å². The van der Waals surface area contributed by atoms with Crippen molar-refractivity contribution in [2.45, 2.75) is 84.5 Å². The summed E-state index contributed by atoms with van der Waals surface area (Å²) in [5.74, 6) is 3.50. The monoisotopic (exact) mass is 407 g/mol. The highest BCUT2D eigenvalue weighted by Crippen LogP contribution is 2.38. The Morgan fingerprint density at radius 2 is 1.80 bits per heavy atom. The number of hydrogen-bond acceptors (Lipinski definition) is 4. The summed E-state index contributed by atoms with van der Waals surface area (Å²) in [5.41, 5.74) is 4.09. The zero-order valence-corrected chi connectivity index (χ0v) is 18.5. The van der Waals surface area contributed by atoms with E-state index >= 15 is 0 Å². The van der Waals surface area contributed by atoms with Crippen molar-refractivity contribution in [1.29, 1.82) is 0 Å². The molecule has 0 N–H and O–H groups in total. The van der Waals surface area contributed by atoms with Gasteiger partial charge in [0, 0.05) is 22.9 Å². The minimum Gasteiger partial charge on any atom is -0.440 e. The third-order valence-corrected chi connectivity index (χ3v) is 7.81. The van der Waals surface area contributed by atoms with E-state index in [1.807, 2.05) is 6.07 Å². The van der Waals surface area contributed by atoms with Crippen molar-refractivity contribution in [2.75, 3.05) is 0 Å². The minimum atomic E-state index is -0.179. The average molecular weight is 408 g/mol. The molecule has 0 radical (unpaired) electrons. The molecule has 4 atom stereocenters. The van der Waals surface area contributed by atoms with Crippen LogP contribution in [0.25, 0.3) is 22.1 Å². The van der Waals surface area contributed by atoms with E-state index in [0.717, 1.165) is 83.4 Å². The predicted molar refractivity (Wildman–Crippen MR) is 120 cm³/mol. The summed E-state index contributed by atoms with van der Waals surface area (Å²) < 4.78 is 11.8. The molecule has 0 bridgehead atoms. The molecule has 0 aliphatic heterocycles.